The highest BCUT2D eigenvalue weighted by atomic mass is 35.5. The molecule has 0 aliphatic heterocycles. The Morgan fingerprint density at radius 2 is 1.86 bits per heavy atom. The van der Waals surface area contributed by atoms with Crippen LogP contribution in [0.5, 0.6) is 0 Å². The zero-order chi connectivity index (χ0) is 14.9. The van der Waals surface area contributed by atoms with E-state index in [-0.39, 0.29) is 16.6 Å². The topological polar surface area (TPSA) is 37.8 Å². The summed E-state index contributed by atoms with van der Waals surface area (Å²) in [4.78, 5) is 7.76. The van der Waals surface area contributed by atoms with Crippen LogP contribution < -0.4 is 5.32 Å². The Morgan fingerprint density at radius 3 is 2.48 bits per heavy atom. The van der Waals surface area contributed by atoms with E-state index in [0.717, 1.165) is 31.4 Å². The molecule has 0 saturated heterocycles. The van der Waals surface area contributed by atoms with Crippen LogP contribution in [0.1, 0.15) is 52.4 Å². The Morgan fingerprint density at radius 1 is 1.19 bits per heavy atom. The van der Waals surface area contributed by atoms with Gasteiger partial charge in [0.1, 0.15) is 0 Å². The maximum Gasteiger partial charge on any atom is 0.224 e. The number of hydrogen-bond donors (Lipinski definition) is 1. The van der Waals surface area contributed by atoms with Gasteiger partial charge in [0.15, 0.2) is 11.6 Å². The van der Waals surface area contributed by atoms with Crippen LogP contribution >= 0.6 is 11.6 Å². The number of nitrogens with one attached hydrogen (secondary N) is 1. The first kappa shape index (κ1) is 13.7. The minimum Gasteiger partial charge on any atom is -0.362 e. The van der Waals surface area contributed by atoms with E-state index < -0.39 is 5.82 Å². The van der Waals surface area contributed by atoms with Crippen LogP contribution in [0.15, 0.2) is 6.20 Å². The van der Waals surface area contributed by atoms with Gasteiger partial charge in [-0.1, -0.05) is 13.8 Å². The molecule has 114 valence electrons. The zero-order valence-electron chi connectivity index (χ0n) is 12.5. The molecular weight excluding hydrogens is 289 g/mol. The van der Waals surface area contributed by atoms with Crippen LogP contribution in [-0.4, -0.2) is 15.5 Å². The van der Waals surface area contributed by atoms with Crippen LogP contribution in [-0.2, 0) is 0 Å². The molecule has 0 amide bonds. The number of nitrogens with zero attached hydrogens (tertiary/aromatic N) is 2. The standard InChI is InChI=1S/C16H21ClFN3/c1-14-3-10-4-15(2,7-14)9-16(5-10,8-14)21-12-11(18)6-19-13(17)20-12/h6,10H,3-5,7-9H2,1-2H3,(H,19,20,21). The zero-order valence-corrected chi connectivity index (χ0v) is 13.3. The van der Waals surface area contributed by atoms with Crippen molar-refractivity contribution < 1.29 is 4.39 Å². The minimum absolute atomic E-state index is 0.0264. The van der Waals surface area contributed by atoms with E-state index in [2.05, 4.69) is 29.1 Å². The van der Waals surface area contributed by atoms with Crippen molar-refractivity contribution >= 4 is 17.4 Å². The molecule has 1 heterocycles. The van der Waals surface area contributed by atoms with Crippen molar-refractivity contribution in [2.75, 3.05) is 5.32 Å². The molecular formula is C16H21ClFN3. The second-order valence-electron chi connectivity index (χ2n) is 8.37. The third kappa shape index (κ3) is 2.23. The van der Waals surface area contributed by atoms with Crippen molar-refractivity contribution in [3.8, 4) is 0 Å². The molecule has 0 aromatic carbocycles. The predicted molar refractivity (Wildman–Crippen MR) is 80.8 cm³/mol. The lowest BCUT2D eigenvalue weighted by molar-refractivity contribution is -0.0974. The molecule has 4 fully saturated rings. The molecule has 4 aliphatic rings. The third-order valence-corrected chi connectivity index (χ3v) is 5.91. The molecule has 1 N–H and O–H groups in total. The highest BCUT2D eigenvalue weighted by Gasteiger charge is 2.60. The second kappa shape index (κ2) is 4.09. The summed E-state index contributed by atoms with van der Waals surface area (Å²) in [7, 11) is 0. The lowest BCUT2D eigenvalue weighted by atomic mass is 9.43. The van der Waals surface area contributed by atoms with Crippen molar-refractivity contribution in [3.05, 3.63) is 17.3 Å². The van der Waals surface area contributed by atoms with Gasteiger partial charge in [0, 0.05) is 5.54 Å². The molecule has 4 saturated carbocycles. The van der Waals surface area contributed by atoms with E-state index in [1.165, 1.54) is 19.3 Å². The normalized spacial score (nSPS) is 44.1. The Labute approximate surface area is 129 Å². The van der Waals surface area contributed by atoms with Crippen molar-refractivity contribution in [1.82, 2.24) is 9.97 Å². The van der Waals surface area contributed by atoms with Crippen LogP contribution in [0.25, 0.3) is 0 Å². The molecule has 2 unspecified atom stereocenters. The predicted octanol–water partition coefficient (Wildman–Crippen LogP) is 4.43. The van der Waals surface area contributed by atoms with Gasteiger partial charge >= 0.3 is 0 Å². The number of aromatic nitrogens is 2. The molecule has 5 heteroatoms. The average Bonchev–Trinajstić information content (AvgIpc) is 2.28. The van der Waals surface area contributed by atoms with Gasteiger partial charge in [-0.3, -0.25) is 0 Å². The van der Waals surface area contributed by atoms with E-state index in [1.54, 1.807) is 0 Å². The van der Waals surface area contributed by atoms with Crippen LogP contribution in [0.3, 0.4) is 0 Å². The third-order valence-electron chi connectivity index (χ3n) is 5.72. The first-order valence-electron chi connectivity index (χ1n) is 7.75. The Balaban J connectivity index is 1.70. The molecule has 2 atom stereocenters. The van der Waals surface area contributed by atoms with Gasteiger partial charge in [-0.05, 0) is 66.9 Å². The molecule has 4 bridgehead atoms. The summed E-state index contributed by atoms with van der Waals surface area (Å²) in [5.41, 5.74) is 0.740. The largest absolute Gasteiger partial charge is 0.362 e. The van der Waals surface area contributed by atoms with Crippen LogP contribution in [0.2, 0.25) is 5.28 Å². The van der Waals surface area contributed by atoms with Crippen molar-refractivity contribution in [2.24, 2.45) is 16.7 Å². The molecule has 0 radical (unpaired) electrons. The SMILES string of the molecule is CC12CC3CC(C)(C1)CC(Nc1nc(Cl)ncc1F)(C3)C2. The summed E-state index contributed by atoms with van der Waals surface area (Å²) in [5.74, 6) is 0.610. The number of halogens is 2. The molecule has 0 spiro atoms. The summed E-state index contributed by atoms with van der Waals surface area (Å²) >= 11 is 5.83. The monoisotopic (exact) mass is 309 g/mol. The summed E-state index contributed by atoms with van der Waals surface area (Å²) in [6, 6.07) is 0. The summed E-state index contributed by atoms with van der Waals surface area (Å²) in [5, 5.41) is 3.53. The first-order chi connectivity index (χ1) is 9.79. The van der Waals surface area contributed by atoms with Crippen LogP contribution in [0.4, 0.5) is 10.2 Å². The van der Waals surface area contributed by atoms with E-state index >= 15 is 0 Å². The Kier molecular flexibility index (Phi) is 2.68. The molecule has 5 rings (SSSR count). The average molecular weight is 310 g/mol. The van der Waals surface area contributed by atoms with Crippen molar-refractivity contribution in [2.45, 2.75) is 57.9 Å². The molecule has 4 aliphatic carbocycles. The van der Waals surface area contributed by atoms with Gasteiger partial charge in [-0.25, -0.2) is 9.37 Å². The van der Waals surface area contributed by atoms with E-state index in [4.69, 9.17) is 11.6 Å². The molecule has 3 nitrogen and oxygen atoms in total. The highest BCUT2D eigenvalue weighted by molar-refractivity contribution is 6.28. The highest BCUT2D eigenvalue weighted by Crippen LogP contribution is 2.66. The molecule has 1 aromatic rings. The molecule has 21 heavy (non-hydrogen) atoms. The van der Waals surface area contributed by atoms with Crippen LogP contribution in [0, 0.1) is 22.6 Å². The number of anilines is 1. The summed E-state index contributed by atoms with van der Waals surface area (Å²) < 4.78 is 14.0. The van der Waals surface area contributed by atoms with Gasteiger partial charge in [0.2, 0.25) is 5.28 Å². The Hall–Kier alpha value is -0.900. The van der Waals surface area contributed by atoms with Crippen molar-refractivity contribution in [3.63, 3.8) is 0 Å². The maximum absolute atomic E-state index is 14.0. The van der Waals surface area contributed by atoms with Gasteiger partial charge in [0.05, 0.1) is 6.20 Å². The van der Waals surface area contributed by atoms with Crippen molar-refractivity contribution in [1.29, 1.82) is 0 Å². The quantitative estimate of drug-likeness (QED) is 0.821. The number of rotatable bonds is 2. The maximum atomic E-state index is 14.0. The van der Waals surface area contributed by atoms with E-state index in [1.807, 2.05) is 0 Å². The lowest BCUT2D eigenvalue weighted by Gasteiger charge is -2.65. The van der Waals surface area contributed by atoms with Gasteiger partial charge in [0.25, 0.3) is 0 Å². The molecule has 1 aromatic heterocycles. The lowest BCUT2D eigenvalue weighted by Crippen LogP contribution is -2.61. The fraction of sp³-hybridized carbons (Fsp3) is 0.750. The minimum atomic E-state index is -0.412. The van der Waals surface area contributed by atoms with Gasteiger partial charge in [-0.2, -0.15) is 4.98 Å². The second-order valence-corrected chi connectivity index (χ2v) is 8.71. The number of hydrogen-bond acceptors (Lipinski definition) is 3. The van der Waals surface area contributed by atoms with Gasteiger partial charge in [-0.15, -0.1) is 0 Å². The fourth-order valence-corrected chi connectivity index (χ4v) is 6.40. The fourth-order valence-electron chi connectivity index (χ4n) is 6.27. The smallest absolute Gasteiger partial charge is 0.224 e. The summed E-state index contributed by atoms with van der Waals surface area (Å²) in [6.45, 7) is 4.80. The summed E-state index contributed by atoms with van der Waals surface area (Å²) in [6.07, 6.45) is 8.42. The van der Waals surface area contributed by atoms with E-state index in [0.29, 0.717) is 10.8 Å². The van der Waals surface area contributed by atoms with Gasteiger partial charge < -0.3 is 5.32 Å². The first-order valence-corrected chi connectivity index (χ1v) is 8.13. The Bertz CT molecular complexity index is 587. The van der Waals surface area contributed by atoms with E-state index in [9.17, 15) is 4.39 Å².